The zero-order valence-electron chi connectivity index (χ0n) is 18.8. The quantitative estimate of drug-likeness (QED) is 0.328. The summed E-state index contributed by atoms with van der Waals surface area (Å²) < 4.78 is 1.87. The number of likely N-dealkylation sites (N-methyl/N-ethyl adjacent to an activating group) is 1. The van der Waals surface area contributed by atoms with E-state index in [4.69, 9.17) is 0 Å². The van der Waals surface area contributed by atoms with Gasteiger partial charge in [-0.3, -0.25) is 14.8 Å². The van der Waals surface area contributed by atoms with E-state index in [1.807, 2.05) is 79.3 Å². The van der Waals surface area contributed by atoms with Crippen molar-refractivity contribution < 1.29 is 9.90 Å². The zero-order valence-corrected chi connectivity index (χ0v) is 18.8. The first-order valence-electron chi connectivity index (χ1n) is 11.1. The lowest BCUT2D eigenvalue weighted by atomic mass is 9.92. The van der Waals surface area contributed by atoms with E-state index in [0.717, 1.165) is 17.8 Å². The summed E-state index contributed by atoms with van der Waals surface area (Å²) in [5.74, 6) is -0.233. The maximum Gasteiger partial charge on any atom is 0.252 e. The molecule has 0 aliphatic carbocycles. The van der Waals surface area contributed by atoms with Gasteiger partial charge in [-0.1, -0.05) is 55.5 Å². The third-order valence-corrected chi connectivity index (χ3v) is 5.42. The van der Waals surface area contributed by atoms with Gasteiger partial charge in [-0.2, -0.15) is 5.10 Å². The van der Waals surface area contributed by atoms with Gasteiger partial charge in [-0.25, -0.2) is 0 Å². The zero-order chi connectivity index (χ0) is 22.8. The molecule has 0 radical (unpaired) electrons. The van der Waals surface area contributed by atoms with Crippen LogP contribution in [0.25, 0.3) is 0 Å². The van der Waals surface area contributed by atoms with E-state index in [1.54, 1.807) is 12.1 Å². The molecule has 0 fully saturated rings. The first-order valence-corrected chi connectivity index (χ1v) is 11.1. The number of nitrogens with zero attached hydrogens (tertiary/aromatic N) is 2. The van der Waals surface area contributed by atoms with Gasteiger partial charge in [0.15, 0.2) is 0 Å². The Hall–Kier alpha value is -3.00. The van der Waals surface area contributed by atoms with Crippen LogP contribution in [0.15, 0.2) is 72.9 Å². The highest BCUT2D eigenvalue weighted by atomic mass is 16.3. The molecule has 3 rings (SSSR count). The Morgan fingerprint density at radius 3 is 2.38 bits per heavy atom. The molecule has 0 saturated carbocycles. The van der Waals surface area contributed by atoms with Crippen LogP contribution in [-0.4, -0.2) is 45.7 Å². The predicted octanol–water partition coefficient (Wildman–Crippen LogP) is 2.33. The minimum absolute atomic E-state index is 0.233. The maximum atomic E-state index is 13.1. The molecular weight excluding hydrogens is 402 g/mol. The molecule has 2 atom stereocenters. The summed E-state index contributed by atoms with van der Waals surface area (Å²) in [5.41, 5.74) is 1.43. The fraction of sp³-hybridized carbons (Fsp3) is 0.360. The number of benzene rings is 2. The van der Waals surface area contributed by atoms with Crippen molar-refractivity contribution in [2.45, 2.75) is 45.1 Å². The third-order valence-electron chi connectivity index (χ3n) is 5.42. The minimum atomic E-state index is -1.04. The number of nitrogens with one attached hydrogen (secondary N) is 3. The standard InChI is InChI=1S/C25H33N5O2/c1-3-27-25(17-20-11-7-5-8-12-20,28-24(32)21-13-9-6-10-14-21)23(31)19-26-18-22-15-16-30(4-2)29-22/h5-16,23,26-27,31H,3-4,17-19H2,1-2H3,(H,28,32)/t23-,25+/m1/s1. The maximum absolute atomic E-state index is 13.1. The van der Waals surface area contributed by atoms with Crippen molar-refractivity contribution in [3.05, 3.63) is 89.7 Å². The van der Waals surface area contributed by atoms with Gasteiger partial charge in [0, 0.05) is 37.8 Å². The van der Waals surface area contributed by atoms with Crippen molar-refractivity contribution >= 4 is 5.91 Å². The van der Waals surface area contributed by atoms with Gasteiger partial charge in [0.1, 0.15) is 11.8 Å². The van der Waals surface area contributed by atoms with E-state index in [0.29, 0.717) is 25.1 Å². The van der Waals surface area contributed by atoms with Crippen molar-refractivity contribution in [1.82, 2.24) is 25.7 Å². The van der Waals surface area contributed by atoms with Crippen LogP contribution in [0, 0.1) is 0 Å². The van der Waals surface area contributed by atoms with Gasteiger partial charge in [-0.15, -0.1) is 0 Å². The highest BCUT2D eigenvalue weighted by Crippen LogP contribution is 2.17. The number of aliphatic hydroxyl groups excluding tert-OH is 1. The molecule has 3 aromatic rings. The molecule has 1 amide bonds. The van der Waals surface area contributed by atoms with Crippen LogP contribution in [-0.2, 0) is 19.5 Å². The summed E-state index contributed by atoms with van der Waals surface area (Å²) in [6, 6.07) is 20.9. The Bertz CT molecular complexity index is 961. The Kier molecular flexibility index (Phi) is 8.56. The molecule has 1 heterocycles. The van der Waals surface area contributed by atoms with E-state index in [2.05, 4.69) is 21.0 Å². The Labute approximate surface area is 189 Å². The molecule has 4 N–H and O–H groups in total. The average molecular weight is 436 g/mol. The first-order chi connectivity index (χ1) is 15.6. The molecule has 0 aliphatic heterocycles. The predicted molar refractivity (Wildman–Crippen MR) is 126 cm³/mol. The number of rotatable bonds is 12. The molecule has 32 heavy (non-hydrogen) atoms. The highest BCUT2D eigenvalue weighted by Gasteiger charge is 2.39. The van der Waals surface area contributed by atoms with Gasteiger partial charge < -0.3 is 15.7 Å². The summed E-state index contributed by atoms with van der Waals surface area (Å²) in [6.45, 7) is 6.22. The fourth-order valence-electron chi connectivity index (χ4n) is 3.75. The van der Waals surface area contributed by atoms with Crippen molar-refractivity contribution in [2.75, 3.05) is 13.1 Å². The van der Waals surface area contributed by atoms with Crippen LogP contribution in [0.2, 0.25) is 0 Å². The normalized spacial score (nSPS) is 14.0. The number of hydrogen-bond acceptors (Lipinski definition) is 5. The second-order valence-corrected chi connectivity index (χ2v) is 7.79. The molecule has 7 heteroatoms. The summed E-state index contributed by atoms with van der Waals surface area (Å²) >= 11 is 0. The van der Waals surface area contributed by atoms with Crippen LogP contribution < -0.4 is 16.0 Å². The van der Waals surface area contributed by atoms with Crippen molar-refractivity contribution in [3.8, 4) is 0 Å². The van der Waals surface area contributed by atoms with Crippen LogP contribution in [0.4, 0.5) is 0 Å². The lowest BCUT2D eigenvalue weighted by Gasteiger charge is -2.40. The number of hydrogen-bond donors (Lipinski definition) is 4. The number of carbonyl (C=O) groups is 1. The van der Waals surface area contributed by atoms with Gasteiger partial charge in [0.25, 0.3) is 5.91 Å². The summed E-state index contributed by atoms with van der Waals surface area (Å²) in [7, 11) is 0. The monoisotopic (exact) mass is 435 g/mol. The Morgan fingerprint density at radius 2 is 1.75 bits per heavy atom. The van der Waals surface area contributed by atoms with E-state index in [-0.39, 0.29) is 12.5 Å². The molecule has 0 saturated heterocycles. The lowest BCUT2D eigenvalue weighted by molar-refractivity contribution is 0.0326. The number of aryl methyl sites for hydroxylation is 1. The van der Waals surface area contributed by atoms with E-state index >= 15 is 0 Å². The molecule has 0 aliphatic rings. The summed E-state index contributed by atoms with van der Waals surface area (Å²) in [5, 5.41) is 25.5. The number of carbonyl (C=O) groups excluding carboxylic acids is 1. The fourth-order valence-corrected chi connectivity index (χ4v) is 3.75. The second-order valence-electron chi connectivity index (χ2n) is 7.79. The van der Waals surface area contributed by atoms with Gasteiger partial charge in [0.05, 0.1) is 5.69 Å². The van der Waals surface area contributed by atoms with Crippen molar-refractivity contribution in [2.24, 2.45) is 0 Å². The number of amides is 1. The topological polar surface area (TPSA) is 91.2 Å². The molecule has 1 aromatic heterocycles. The lowest BCUT2D eigenvalue weighted by Crippen LogP contribution is -2.69. The largest absolute Gasteiger partial charge is 0.388 e. The van der Waals surface area contributed by atoms with Crippen molar-refractivity contribution in [3.63, 3.8) is 0 Å². The first kappa shape index (κ1) is 23.7. The van der Waals surface area contributed by atoms with Gasteiger partial charge in [0.2, 0.25) is 0 Å². The van der Waals surface area contributed by atoms with E-state index < -0.39 is 11.8 Å². The van der Waals surface area contributed by atoms with Crippen LogP contribution >= 0.6 is 0 Å². The molecule has 0 unspecified atom stereocenters. The van der Waals surface area contributed by atoms with Gasteiger partial charge >= 0.3 is 0 Å². The third kappa shape index (κ3) is 6.26. The number of aliphatic hydroxyl groups is 1. The SMILES string of the molecule is CCN[C@@](Cc1ccccc1)(NC(=O)c1ccccc1)[C@H](O)CNCc1ccn(CC)n1. The second kappa shape index (κ2) is 11.6. The van der Waals surface area contributed by atoms with Gasteiger partial charge in [-0.05, 0) is 37.2 Å². The summed E-state index contributed by atoms with van der Waals surface area (Å²) in [4.78, 5) is 13.1. The van der Waals surface area contributed by atoms with Crippen LogP contribution in [0.3, 0.4) is 0 Å². The van der Waals surface area contributed by atoms with E-state index in [1.165, 1.54) is 0 Å². The van der Waals surface area contributed by atoms with Crippen LogP contribution in [0.5, 0.6) is 0 Å². The molecule has 0 bridgehead atoms. The molecule has 170 valence electrons. The average Bonchev–Trinajstić information content (AvgIpc) is 3.28. The molecule has 2 aromatic carbocycles. The molecule has 7 nitrogen and oxygen atoms in total. The Balaban J connectivity index is 1.78. The smallest absolute Gasteiger partial charge is 0.252 e. The Morgan fingerprint density at radius 1 is 1.06 bits per heavy atom. The number of aromatic nitrogens is 2. The summed E-state index contributed by atoms with van der Waals surface area (Å²) in [6.07, 6.45) is 1.49. The minimum Gasteiger partial charge on any atom is -0.388 e. The highest BCUT2D eigenvalue weighted by molar-refractivity contribution is 5.94. The molecule has 0 spiro atoms. The van der Waals surface area contributed by atoms with Crippen LogP contribution in [0.1, 0.15) is 35.5 Å². The van der Waals surface area contributed by atoms with E-state index in [9.17, 15) is 9.90 Å². The van der Waals surface area contributed by atoms with Crippen molar-refractivity contribution in [1.29, 1.82) is 0 Å². The molecular formula is C25H33N5O2.